The number of nitrogens with zero attached hydrogens (tertiary/aromatic N) is 2. The fourth-order valence-corrected chi connectivity index (χ4v) is 3.02. The van der Waals surface area contributed by atoms with Crippen LogP contribution in [0.3, 0.4) is 0 Å². The molecule has 1 aromatic carbocycles. The van der Waals surface area contributed by atoms with Gasteiger partial charge >= 0.3 is 0 Å². The molecule has 1 rings (SSSR count). The Morgan fingerprint density at radius 2 is 1.72 bits per heavy atom. The number of hydrogen-bond acceptors (Lipinski definition) is 4. The molecule has 0 aliphatic carbocycles. The molecule has 0 saturated carbocycles. The highest BCUT2D eigenvalue weighted by molar-refractivity contribution is 14.0. The van der Waals surface area contributed by atoms with E-state index in [4.69, 9.17) is 0 Å². The van der Waals surface area contributed by atoms with Crippen molar-refractivity contribution in [3.05, 3.63) is 30.3 Å². The van der Waals surface area contributed by atoms with E-state index in [2.05, 4.69) is 51.7 Å². The molecule has 0 spiro atoms. The van der Waals surface area contributed by atoms with Crippen LogP contribution >= 0.6 is 24.0 Å². The van der Waals surface area contributed by atoms with Gasteiger partial charge in [-0.25, -0.2) is 8.42 Å². The first-order valence-corrected chi connectivity index (χ1v) is 10.4. The molecule has 0 aliphatic heterocycles. The minimum Gasteiger partial charge on any atom is -0.372 e. The molecule has 6 nitrogen and oxygen atoms in total. The summed E-state index contributed by atoms with van der Waals surface area (Å²) in [5, 5.41) is 6.40. The molecule has 25 heavy (non-hydrogen) atoms. The molecule has 0 aliphatic rings. The van der Waals surface area contributed by atoms with E-state index < -0.39 is 9.84 Å². The van der Waals surface area contributed by atoms with Crippen LogP contribution in [0.25, 0.3) is 0 Å². The molecule has 0 heterocycles. The first-order valence-electron chi connectivity index (χ1n) is 8.38. The van der Waals surface area contributed by atoms with Gasteiger partial charge in [-0.2, -0.15) is 0 Å². The van der Waals surface area contributed by atoms with Crippen LogP contribution in [0.1, 0.15) is 19.8 Å². The third-order valence-electron chi connectivity index (χ3n) is 3.61. The van der Waals surface area contributed by atoms with Gasteiger partial charge < -0.3 is 15.5 Å². The highest BCUT2D eigenvalue weighted by Crippen LogP contribution is 2.12. The van der Waals surface area contributed by atoms with Crippen LogP contribution in [0.15, 0.2) is 35.3 Å². The smallest absolute Gasteiger partial charge is 0.190 e. The van der Waals surface area contributed by atoms with Crippen molar-refractivity contribution in [2.45, 2.75) is 19.8 Å². The van der Waals surface area contributed by atoms with Crippen molar-refractivity contribution in [2.75, 3.05) is 50.1 Å². The molecule has 0 atom stereocenters. The van der Waals surface area contributed by atoms with Crippen LogP contribution in [0.5, 0.6) is 0 Å². The van der Waals surface area contributed by atoms with Gasteiger partial charge in [0.1, 0.15) is 9.84 Å². The highest BCUT2D eigenvalue weighted by atomic mass is 127. The molecule has 0 unspecified atom stereocenters. The molecule has 2 N–H and O–H groups in total. The summed E-state index contributed by atoms with van der Waals surface area (Å²) in [6.07, 6.45) is 2.83. The first-order chi connectivity index (χ1) is 11.5. The van der Waals surface area contributed by atoms with Crippen molar-refractivity contribution in [3.8, 4) is 0 Å². The number of nitrogens with one attached hydrogen (secondary N) is 2. The van der Waals surface area contributed by atoms with Gasteiger partial charge in [-0.3, -0.25) is 4.99 Å². The molecular formula is C17H31IN4O2S. The summed E-state index contributed by atoms with van der Waals surface area (Å²) < 4.78 is 22.2. The summed E-state index contributed by atoms with van der Waals surface area (Å²) in [6.45, 7) is 5.51. The second-order valence-corrected chi connectivity index (χ2v) is 7.94. The van der Waals surface area contributed by atoms with Crippen LogP contribution in [-0.4, -0.2) is 59.6 Å². The van der Waals surface area contributed by atoms with E-state index in [1.54, 1.807) is 7.05 Å². The molecule has 0 amide bonds. The average Bonchev–Trinajstić information content (AvgIpc) is 2.56. The fourth-order valence-electron chi connectivity index (χ4n) is 2.35. The monoisotopic (exact) mass is 482 g/mol. The van der Waals surface area contributed by atoms with Gasteiger partial charge in [0.15, 0.2) is 5.96 Å². The van der Waals surface area contributed by atoms with E-state index in [9.17, 15) is 8.42 Å². The van der Waals surface area contributed by atoms with Crippen molar-refractivity contribution in [3.63, 3.8) is 0 Å². The Hall–Kier alpha value is -1.03. The number of halogens is 1. The second kappa shape index (κ2) is 13.2. The number of anilines is 1. The zero-order valence-corrected chi connectivity index (χ0v) is 18.5. The van der Waals surface area contributed by atoms with Crippen LogP contribution in [0, 0.1) is 0 Å². The number of guanidine groups is 1. The van der Waals surface area contributed by atoms with Gasteiger partial charge in [0, 0.05) is 45.2 Å². The van der Waals surface area contributed by atoms with Gasteiger partial charge in [-0.1, -0.05) is 18.2 Å². The van der Waals surface area contributed by atoms with E-state index >= 15 is 0 Å². The number of benzene rings is 1. The van der Waals surface area contributed by atoms with Gasteiger partial charge in [0.05, 0.1) is 5.75 Å². The van der Waals surface area contributed by atoms with Crippen molar-refractivity contribution in [1.82, 2.24) is 10.6 Å². The molecule has 8 heteroatoms. The molecule has 0 fully saturated rings. The van der Waals surface area contributed by atoms with Crippen molar-refractivity contribution >= 4 is 45.5 Å². The summed E-state index contributed by atoms with van der Waals surface area (Å²) in [5.41, 5.74) is 1.24. The van der Waals surface area contributed by atoms with Crippen LogP contribution in [0.4, 0.5) is 5.69 Å². The first kappa shape index (κ1) is 24.0. The molecule has 0 radical (unpaired) electrons. The molecule has 0 bridgehead atoms. The minimum atomic E-state index is -2.89. The Kier molecular flexibility index (Phi) is 12.7. The molecule has 0 aromatic heterocycles. The number of aliphatic imine (C=N–C) groups is 1. The third kappa shape index (κ3) is 11.2. The van der Waals surface area contributed by atoms with Gasteiger partial charge in [-0.05, 0) is 31.9 Å². The van der Waals surface area contributed by atoms with E-state index in [0.29, 0.717) is 18.9 Å². The predicted molar refractivity (Wildman–Crippen MR) is 118 cm³/mol. The Morgan fingerprint density at radius 3 is 2.24 bits per heavy atom. The standard InChI is InChI=1S/C17H30N4O2S.HI/c1-4-21(16-10-6-5-7-11-16)14-8-12-19-17(18-2)20-13-9-15-24(3,22)23;/h5-7,10-11H,4,8-9,12-15H2,1-3H3,(H2,18,19,20);1H. The third-order valence-corrected chi connectivity index (χ3v) is 4.64. The van der Waals surface area contributed by atoms with Crippen LogP contribution in [0.2, 0.25) is 0 Å². The number of sulfone groups is 1. The van der Waals surface area contributed by atoms with E-state index in [-0.39, 0.29) is 29.7 Å². The quantitative estimate of drug-likeness (QED) is 0.231. The second-order valence-electron chi connectivity index (χ2n) is 5.68. The number of para-hydroxylation sites is 1. The predicted octanol–water partition coefficient (Wildman–Crippen LogP) is 2.12. The lowest BCUT2D eigenvalue weighted by atomic mass is 10.2. The largest absolute Gasteiger partial charge is 0.372 e. The summed E-state index contributed by atoms with van der Waals surface area (Å²) in [5.74, 6) is 0.908. The van der Waals surface area contributed by atoms with Crippen LogP contribution in [-0.2, 0) is 9.84 Å². The van der Waals surface area contributed by atoms with Gasteiger partial charge in [-0.15, -0.1) is 24.0 Å². The molecular weight excluding hydrogens is 451 g/mol. The number of rotatable bonds is 10. The Morgan fingerprint density at radius 1 is 1.12 bits per heavy atom. The van der Waals surface area contributed by atoms with Crippen LogP contribution < -0.4 is 15.5 Å². The molecule has 0 saturated heterocycles. The van der Waals surface area contributed by atoms with Crippen molar-refractivity contribution < 1.29 is 8.42 Å². The summed E-state index contributed by atoms with van der Waals surface area (Å²) in [6, 6.07) is 10.4. The molecule has 1 aromatic rings. The molecule has 144 valence electrons. The van der Waals surface area contributed by atoms with Crippen molar-refractivity contribution in [2.24, 2.45) is 4.99 Å². The Balaban J connectivity index is 0.00000576. The average molecular weight is 482 g/mol. The zero-order chi connectivity index (χ0) is 17.8. The van der Waals surface area contributed by atoms with Gasteiger partial charge in [0.2, 0.25) is 0 Å². The van der Waals surface area contributed by atoms with E-state index in [1.165, 1.54) is 11.9 Å². The maximum Gasteiger partial charge on any atom is 0.190 e. The topological polar surface area (TPSA) is 73.8 Å². The lowest BCUT2D eigenvalue weighted by molar-refractivity contribution is 0.598. The maximum absolute atomic E-state index is 11.1. The van der Waals surface area contributed by atoms with E-state index in [1.807, 2.05) is 6.07 Å². The number of hydrogen-bond donors (Lipinski definition) is 2. The van der Waals surface area contributed by atoms with Gasteiger partial charge in [0.25, 0.3) is 0 Å². The maximum atomic E-state index is 11.1. The Labute approximate surface area is 169 Å². The normalized spacial score (nSPS) is 11.6. The summed E-state index contributed by atoms with van der Waals surface area (Å²) >= 11 is 0. The summed E-state index contributed by atoms with van der Waals surface area (Å²) in [4.78, 5) is 6.49. The minimum absolute atomic E-state index is 0. The SMILES string of the molecule is CCN(CCCNC(=NC)NCCCS(C)(=O)=O)c1ccccc1.I. The van der Waals surface area contributed by atoms with E-state index in [0.717, 1.165) is 26.1 Å². The zero-order valence-electron chi connectivity index (χ0n) is 15.4. The lowest BCUT2D eigenvalue weighted by Crippen LogP contribution is -2.39. The van der Waals surface area contributed by atoms with Crippen molar-refractivity contribution in [1.29, 1.82) is 0 Å². The Bertz CT molecular complexity index is 594. The lowest BCUT2D eigenvalue weighted by Gasteiger charge is -2.23. The summed E-state index contributed by atoms with van der Waals surface area (Å²) in [7, 11) is -1.18. The highest BCUT2D eigenvalue weighted by Gasteiger charge is 2.04. The fraction of sp³-hybridized carbons (Fsp3) is 0.588.